The summed E-state index contributed by atoms with van der Waals surface area (Å²) in [6, 6.07) is 15.0. The molecule has 2 aromatic carbocycles. The van der Waals surface area contributed by atoms with Gasteiger partial charge in [0, 0.05) is 10.6 Å². The minimum Gasteiger partial charge on any atom is -0.444 e. The summed E-state index contributed by atoms with van der Waals surface area (Å²) in [4.78, 5) is 12.7. The Bertz CT molecular complexity index is 681. The number of thioether (sulfide) groups is 1. The molecule has 0 saturated carbocycles. The van der Waals surface area contributed by atoms with E-state index in [1.165, 1.54) is 0 Å². The van der Waals surface area contributed by atoms with Crippen LogP contribution in [0.15, 0.2) is 53.4 Å². The van der Waals surface area contributed by atoms with E-state index in [1.807, 2.05) is 48.7 Å². The number of anilines is 1. The van der Waals surface area contributed by atoms with Gasteiger partial charge in [-0.25, -0.2) is 4.79 Å². The molecule has 22 heavy (non-hydrogen) atoms. The summed E-state index contributed by atoms with van der Waals surface area (Å²) in [7, 11) is 0. The Morgan fingerprint density at radius 2 is 2.05 bits per heavy atom. The SMILES string of the molecule is CCc1cc(SC#N)ccc1NC(=O)OCc1ccccc1. The second kappa shape index (κ2) is 8.11. The van der Waals surface area contributed by atoms with Crippen LogP contribution in [0.1, 0.15) is 18.1 Å². The van der Waals surface area contributed by atoms with E-state index in [0.29, 0.717) is 5.69 Å². The summed E-state index contributed by atoms with van der Waals surface area (Å²) in [5.41, 5.74) is 2.62. The number of thiocyanates is 1. The van der Waals surface area contributed by atoms with Gasteiger partial charge in [0.05, 0.1) is 0 Å². The number of aryl methyl sites for hydroxylation is 1. The molecule has 1 amide bonds. The molecular weight excluding hydrogens is 296 g/mol. The first-order valence-corrected chi connectivity index (χ1v) is 7.71. The summed E-state index contributed by atoms with van der Waals surface area (Å²) >= 11 is 1.10. The van der Waals surface area contributed by atoms with Gasteiger partial charge >= 0.3 is 6.09 Å². The van der Waals surface area contributed by atoms with E-state index in [9.17, 15) is 4.79 Å². The molecule has 4 nitrogen and oxygen atoms in total. The molecule has 0 radical (unpaired) electrons. The number of nitrogens with one attached hydrogen (secondary N) is 1. The number of nitrogens with zero attached hydrogens (tertiary/aromatic N) is 1. The molecule has 0 aliphatic carbocycles. The van der Waals surface area contributed by atoms with Crippen molar-refractivity contribution in [3.8, 4) is 5.40 Å². The van der Waals surface area contributed by atoms with Crippen LogP contribution in [0.4, 0.5) is 10.5 Å². The van der Waals surface area contributed by atoms with Crippen LogP contribution in [0.25, 0.3) is 0 Å². The van der Waals surface area contributed by atoms with Crippen molar-refractivity contribution in [2.75, 3.05) is 5.32 Å². The van der Waals surface area contributed by atoms with Crippen molar-refractivity contribution < 1.29 is 9.53 Å². The predicted molar refractivity (Wildman–Crippen MR) is 87.5 cm³/mol. The molecule has 112 valence electrons. The van der Waals surface area contributed by atoms with Crippen LogP contribution in [0.2, 0.25) is 0 Å². The fraction of sp³-hybridized carbons (Fsp3) is 0.176. The third-order valence-electron chi connectivity index (χ3n) is 3.07. The highest BCUT2D eigenvalue weighted by Crippen LogP contribution is 2.24. The standard InChI is InChI=1S/C17H16N2O2S/c1-2-14-10-15(22-12-18)8-9-16(14)19-17(20)21-11-13-6-4-3-5-7-13/h3-10H,2,11H2,1H3,(H,19,20). The molecule has 0 bridgehead atoms. The van der Waals surface area contributed by atoms with Gasteiger partial charge in [0.15, 0.2) is 0 Å². The molecule has 0 saturated heterocycles. The van der Waals surface area contributed by atoms with Crippen molar-refractivity contribution in [3.05, 3.63) is 59.7 Å². The summed E-state index contributed by atoms with van der Waals surface area (Å²) in [5.74, 6) is 0. The van der Waals surface area contributed by atoms with E-state index in [0.717, 1.165) is 34.2 Å². The van der Waals surface area contributed by atoms with E-state index in [1.54, 1.807) is 12.1 Å². The maximum atomic E-state index is 11.9. The van der Waals surface area contributed by atoms with Gasteiger partial charge in [-0.05, 0) is 47.5 Å². The van der Waals surface area contributed by atoms with E-state index < -0.39 is 6.09 Å². The smallest absolute Gasteiger partial charge is 0.411 e. The zero-order chi connectivity index (χ0) is 15.8. The maximum absolute atomic E-state index is 11.9. The molecule has 0 aliphatic rings. The summed E-state index contributed by atoms with van der Waals surface area (Å²) in [6.07, 6.45) is 0.271. The minimum absolute atomic E-state index is 0.233. The van der Waals surface area contributed by atoms with Gasteiger partial charge in [-0.1, -0.05) is 37.3 Å². The Balaban J connectivity index is 1.97. The van der Waals surface area contributed by atoms with Gasteiger partial charge in [-0.2, -0.15) is 5.26 Å². The molecule has 0 fully saturated rings. The molecule has 0 unspecified atom stereocenters. The molecular formula is C17H16N2O2S. The average molecular weight is 312 g/mol. The first kappa shape index (κ1) is 15.9. The van der Waals surface area contributed by atoms with E-state index in [2.05, 4.69) is 5.32 Å². The highest BCUT2D eigenvalue weighted by atomic mass is 32.2. The fourth-order valence-electron chi connectivity index (χ4n) is 1.97. The lowest BCUT2D eigenvalue weighted by Crippen LogP contribution is -2.14. The lowest BCUT2D eigenvalue weighted by Gasteiger charge is -2.11. The molecule has 0 spiro atoms. The monoisotopic (exact) mass is 312 g/mol. The van der Waals surface area contributed by atoms with Crippen LogP contribution in [-0.4, -0.2) is 6.09 Å². The highest BCUT2D eigenvalue weighted by Gasteiger charge is 2.08. The van der Waals surface area contributed by atoms with Crippen molar-refractivity contribution in [2.24, 2.45) is 0 Å². The van der Waals surface area contributed by atoms with Gasteiger partial charge in [0.2, 0.25) is 0 Å². The fourth-order valence-corrected chi connectivity index (χ4v) is 2.41. The predicted octanol–water partition coefficient (Wildman–Crippen LogP) is 4.57. The third kappa shape index (κ3) is 4.54. The van der Waals surface area contributed by atoms with Crippen LogP contribution in [-0.2, 0) is 17.8 Å². The number of hydrogen-bond donors (Lipinski definition) is 1. The largest absolute Gasteiger partial charge is 0.444 e. The number of ether oxygens (including phenoxy) is 1. The van der Waals surface area contributed by atoms with Crippen molar-refractivity contribution in [1.82, 2.24) is 0 Å². The Labute approximate surface area is 134 Å². The molecule has 0 atom stereocenters. The maximum Gasteiger partial charge on any atom is 0.411 e. The van der Waals surface area contributed by atoms with Crippen molar-refractivity contribution in [3.63, 3.8) is 0 Å². The zero-order valence-electron chi connectivity index (χ0n) is 12.2. The Hall–Kier alpha value is -2.45. The van der Waals surface area contributed by atoms with E-state index in [-0.39, 0.29) is 6.61 Å². The number of carbonyl (C=O) groups excluding carboxylic acids is 1. The lowest BCUT2D eigenvalue weighted by atomic mass is 10.1. The normalized spacial score (nSPS) is 9.82. The Morgan fingerprint density at radius 3 is 2.73 bits per heavy atom. The second-order valence-corrected chi connectivity index (χ2v) is 5.41. The topological polar surface area (TPSA) is 62.1 Å². The zero-order valence-corrected chi connectivity index (χ0v) is 13.0. The van der Waals surface area contributed by atoms with Crippen LogP contribution in [0.5, 0.6) is 0 Å². The molecule has 0 heterocycles. The van der Waals surface area contributed by atoms with Crippen LogP contribution >= 0.6 is 11.8 Å². The quantitative estimate of drug-likeness (QED) is 0.649. The average Bonchev–Trinajstić information content (AvgIpc) is 2.55. The first-order valence-electron chi connectivity index (χ1n) is 6.89. The molecule has 1 N–H and O–H groups in total. The number of rotatable bonds is 5. The summed E-state index contributed by atoms with van der Waals surface area (Å²) in [5, 5.41) is 13.5. The van der Waals surface area contributed by atoms with Crippen LogP contribution in [0, 0.1) is 10.7 Å². The van der Waals surface area contributed by atoms with Gasteiger partial charge in [-0.3, -0.25) is 5.32 Å². The minimum atomic E-state index is -0.487. The van der Waals surface area contributed by atoms with Crippen LogP contribution < -0.4 is 5.32 Å². The number of nitriles is 1. The Kier molecular flexibility index (Phi) is 5.87. The third-order valence-corrected chi connectivity index (χ3v) is 3.65. The van der Waals surface area contributed by atoms with Crippen molar-refractivity contribution in [1.29, 1.82) is 5.26 Å². The first-order chi connectivity index (χ1) is 10.7. The Morgan fingerprint density at radius 1 is 1.27 bits per heavy atom. The highest BCUT2D eigenvalue weighted by molar-refractivity contribution is 8.03. The molecule has 2 rings (SSSR count). The van der Waals surface area contributed by atoms with Crippen molar-refractivity contribution >= 4 is 23.5 Å². The van der Waals surface area contributed by atoms with Gasteiger partial charge in [-0.15, -0.1) is 0 Å². The van der Waals surface area contributed by atoms with Gasteiger partial charge < -0.3 is 4.74 Å². The number of benzene rings is 2. The van der Waals surface area contributed by atoms with Crippen molar-refractivity contribution in [2.45, 2.75) is 24.8 Å². The molecule has 5 heteroatoms. The van der Waals surface area contributed by atoms with Gasteiger partial charge in [0.25, 0.3) is 0 Å². The molecule has 0 aromatic heterocycles. The summed E-state index contributed by atoms with van der Waals surface area (Å²) < 4.78 is 5.20. The molecule has 2 aromatic rings. The number of amides is 1. The number of hydrogen-bond acceptors (Lipinski definition) is 4. The lowest BCUT2D eigenvalue weighted by molar-refractivity contribution is 0.155. The second-order valence-electron chi connectivity index (χ2n) is 4.55. The van der Waals surface area contributed by atoms with Gasteiger partial charge in [0.1, 0.15) is 12.0 Å². The van der Waals surface area contributed by atoms with E-state index >= 15 is 0 Å². The van der Waals surface area contributed by atoms with E-state index in [4.69, 9.17) is 10.00 Å². The summed E-state index contributed by atoms with van der Waals surface area (Å²) in [6.45, 7) is 2.23. The van der Waals surface area contributed by atoms with Crippen LogP contribution in [0.3, 0.4) is 0 Å². The molecule has 0 aliphatic heterocycles. The number of carbonyl (C=O) groups is 1.